The number of benzene rings is 2. The van der Waals surface area contributed by atoms with E-state index in [2.05, 4.69) is 20.5 Å². The van der Waals surface area contributed by atoms with Crippen LogP contribution in [-0.2, 0) is 11.3 Å². The van der Waals surface area contributed by atoms with E-state index in [0.717, 1.165) is 30.8 Å². The molecular formula is C21H26ClF2IN4O. The fourth-order valence-electron chi connectivity index (χ4n) is 3.30. The number of hydrogen-bond acceptors (Lipinski definition) is 3. The zero-order chi connectivity index (χ0) is 20.6. The maximum atomic E-state index is 13.8. The third-order valence-corrected chi connectivity index (χ3v) is 5.13. The van der Waals surface area contributed by atoms with Crippen molar-refractivity contribution in [2.24, 2.45) is 4.99 Å². The van der Waals surface area contributed by atoms with E-state index in [9.17, 15) is 8.78 Å². The molecule has 3 rings (SSSR count). The van der Waals surface area contributed by atoms with Gasteiger partial charge in [0, 0.05) is 43.8 Å². The van der Waals surface area contributed by atoms with Crippen molar-refractivity contribution in [3.8, 4) is 0 Å². The number of hydrogen-bond donors (Lipinski definition) is 2. The van der Waals surface area contributed by atoms with Crippen molar-refractivity contribution in [2.45, 2.75) is 12.6 Å². The first-order valence-corrected chi connectivity index (χ1v) is 9.90. The molecule has 1 heterocycles. The van der Waals surface area contributed by atoms with Gasteiger partial charge in [0.1, 0.15) is 11.6 Å². The van der Waals surface area contributed by atoms with Gasteiger partial charge in [0.2, 0.25) is 0 Å². The minimum Gasteiger partial charge on any atom is -0.379 e. The van der Waals surface area contributed by atoms with Crippen molar-refractivity contribution in [1.29, 1.82) is 0 Å². The highest BCUT2D eigenvalue weighted by Crippen LogP contribution is 2.23. The Hall–Kier alpha value is -1.49. The molecule has 30 heavy (non-hydrogen) atoms. The van der Waals surface area contributed by atoms with E-state index in [0.29, 0.717) is 30.7 Å². The van der Waals surface area contributed by atoms with Crippen LogP contribution in [0.1, 0.15) is 17.2 Å². The maximum absolute atomic E-state index is 13.8. The average molecular weight is 551 g/mol. The van der Waals surface area contributed by atoms with Gasteiger partial charge < -0.3 is 15.4 Å². The fourth-order valence-corrected chi connectivity index (χ4v) is 3.43. The third-order valence-electron chi connectivity index (χ3n) is 4.88. The Labute approximate surface area is 197 Å². The summed E-state index contributed by atoms with van der Waals surface area (Å²) in [6, 6.07) is 11.3. The van der Waals surface area contributed by atoms with Crippen molar-refractivity contribution in [3.05, 3.63) is 70.2 Å². The first-order valence-electron chi connectivity index (χ1n) is 9.52. The summed E-state index contributed by atoms with van der Waals surface area (Å²) in [7, 11) is 1.64. The van der Waals surface area contributed by atoms with Crippen molar-refractivity contribution in [2.75, 3.05) is 39.9 Å². The normalized spacial score (nSPS) is 15.9. The molecule has 1 fully saturated rings. The lowest BCUT2D eigenvalue weighted by atomic mass is 10.0. The van der Waals surface area contributed by atoms with Crippen LogP contribution in [0.3, 0.4) is 0 Å². The van der Waals surface area contributed by atoms with Crippen LogP contribution in [0.25, 0.3) is 0 Å². The van der Waals surface area contributed by atoms with Gasteiger partial charge in [-0.2, -0.15) is 0 Å². The summed E-state index contributed by atoms with van der Waals surface area (Å²) in [4.78, 5) is 6.54. The van der Waals surface area contributed by atoms with Crippen LogP contribution in [0.15, 0.2) is 47.5 Å². The highest BCUT2D eigenvalue weighted by atomic mass is 127. The summed E-state index contributed by atoms with van der Waals surface area (Å²) in [5, 5.41) is 7.02. The van der Waals surface area contributed by atoms with E-state index in [1.165, 1.54) is 6.07 Å². The molecule has 1 aliphatic heterocycles. The van der Waals surface area contributed by atoms with Crippen LogP contribution in [-0.4, -0.2) is 50.8 Å². The van der Waals surface area contributed by atoms with E-state index in [1.54, 1.807) is 7.05 Å². The lowest BCUT2D eigenvalue weighted by Crippen LogP contribution is -2.46. The summed E-state index contributed by atoms with van der Waals surface area (Å²) in [6.45, 7) is 3.76. The van der Waals surface area contributed by atoms with Crippen LogP contribution in [0, 0.1) is 11.6 Å². The van der Waals surface area contributed by atoms with Crippen molar-refractivity contribution in [1.82, 2.24) is 15.5 Å². The Kier molecular flexibility index (Phi) is 10.2. The van der Waals surface area contributed by atoms with Gasteiger partial charge in [-0.05, 0) is 35.9 Å². The number of morpholine rings is 1. The van der Waals surface area contributed by atoms with Gasteiger partial charge in [0.15, 0.2) is 5.96 Å². The Morgan fingerprint density at radius 1 is 1.13 bits per heavy atom. The molecule has 2 aromatic rings. The highest BCUT2D eigenvalue weighted by Gasteiger charge is 2.23. The standard InChI is InChI=1S/C21H25ClF2N4O.HI/c1-25-21(26-13-16-12-18(23)6-7-19(16)24)27-14-20(28-8-10-29-11-9-28)15-2-4-17(22)5-3-15;/h2-7,12,20H,8-11,13-14H2,1H3,(H2,25,26,27);1H. The van der Waals surface area contributed by atoms with Gasteiger partial charge in [0.25, 0.3) is 0 Å². The lowest BCUT2D eigenvalue weighted by Gasteiger charge is -2.35. The van der Waals surface area contributed by atoms with E-state index < -0.39 is 11.6 Å². The largest absolute Gasteiger partial charge is 0.379 e. The van der Waals surface area contributed by atoms with Crippen LogP contribution < -0.4 is 10.6 Å². The minimum absolute atomic E-state index is 0. The number of nitrogens with one attached hydrogen (secondary N) is 2. The molecule has 1 atom stereocenters. The zero-order valence-electron chi connectivity index (χ0n) is 16.7. The second-order valence-electron chi connectivity index (χ2n) is 6.76. The second-order valence-corrected chi connectivity index (χ2v) is 7.19. The molecule has 164 valence electrons. The molecule has 9 heteroatoms. The minimum atomic E-state index is -0.471. The lowest BCUT2D eigenvalue weighted by molar-refractivity contribution is 0.0170. The monoisotopic (exact) mass is 550 g/mol. The Morgan fingerprint density at radius 2 is 1.83 bits per heavy atom. The second kappa shape index (κ2) is 12.4. The molecule has 1 unspecified atom stereocenters. The molecule has 0 amide bonds. The van der Waals surface area contributed by atoms with Crippen molar-refractivity contribution < 1.29 is 13.5 Å². The Balaban J connectivity index is 0.00000320. The highest BCUT2D eigenvalue weighted by molar-refractivity contribution is 14.0. The van der Waals surface area contributed by atoms with E-state index in [4.69, 9.17) is 16.3 Å². The predicted molar refractivity (Wildman–Crippen MR) is 127 cm³/mol. The third kappa shape index (κ3) is 7.04. The number of ether oxygens (including phenoxy) is 1. The van der Waals surface area contributed by atoms with Crippen LogP contribution in [0.5, 0.6) is 0 Å². The number of rotatable bonds is 6. The summed E-state index contributed by atoms with van der Waals surface area (Å²) < 4.78 is 32.7. The van der Waals surface area contributed by atoms with Crippen LogP contribution in [0.4, 0.5) is 8.78 Å². The Morgan fingerprint density at radius 3 is 2.50 bits per heavy atom. The first kappa shape index (κ1) is 24.8. The van der Waals surface area contributed by atoms with Gasteiger partial charge in [-0.3, -0.25) is 9.89 Å². The topological polar surface area (TPSA) is 48.9 Å². The van der Waals surface area contributed by atoms with Crippen molar-refractivity contribution >= 4 is 41.5 Å². The summed E-state index contributed by atoms with van der Waals surface area (Å²) >= 11 is 6.04. The van der Waals surface area contributed by atoms with Crippen LogP contribution in [0.2, 0.25) is 5.02 Å². The molecule has 0 aromatic heterocycles. The van der Waals surface area contributed by atoms with E-state index in [-0.39, 0.29) is 42.1 Å². The van der Waals surface area contributed by atoms with Gasteiger partial charge >= 0.3 is 0 Å². The number of nitrogens with zero attached hydrogens (tertiary/aromatic N) is 2. The first-order chi connectivity index (χ1) is 14.1. The van der Waals surface area contributed by atoms with Gasteiger partial charge in [-0.15, -0.1) is 24.0 Å². The average Bonchev–Trinajstić information content (AvgIpc) is 2.74. The molecule has 0 spiro atoms. The summed E-state index contributed by atoms with van der Waals surface area (Å²) in [5.74, 6) is -0.413. The molecule has 1 aliphatic rings. The predicted octanol–water partition coefficient (Wildman–Crippen LogP) is 3.97. The molecule has 1 saturated heterocycles. The molecular weight excluding hydrogens is 525 g/mol. The molecule has 0 saturated carbocycles. The number of guanidine groups is 1. The van der Waals surface area contributed by atoms with Gasteiger partial charge in [0.05, 0.1) is 19.3 Å². The SMILES string of the molecule is CN=C(NCc1cc(F)ccc1F)NCC(c1ccc(Cl)cc1)N1CCOCC1.I. The van der Waals surface area contributed by atoms with E-state index in [1.807, 2.05) is 24.3 Å². The molecule has 0 aliphatic carbocycles. The Bertz CT molecular complexity index is 832. The number of aliphatic imine (C=N–C) groups is 1. The zero-order valence-corrected chi connectivity index (χ0v) is 19.8. The fraction of sp³-hybridized carbons (Fsp3) is 0.381. The van der Waals surface area contributed by atoms with Crippen molar-refractivity contribution in [3.63, 3.8) is 0 Å². The summed E-state index contributed by atoms with van der Waals surface area (Å²) in [6.07, 6.45) is 0. The smallest absolute Gasteiger partial charge is 0.191 e. The van der Waals surface area contributed by atoms with Crippen LogP contribution >= 0.6 is 35.6 Å². The summed E-state index contributed by atoms with van der Waals surface area (Å²) in [5.41, 5.74) is 1.38. The number of halogens is 4. The van der Waals surface area contributed by atoms with Gasteiger partial charge in [-0.1, -0.05) is 23.7 Å². The quantitative estimate of drug-likeness (QED) is 0.325. The molecule has 2 aromatic carbocycles. The molecule has 0 bridgehead atoms. The van der Waals surface area contributed by atoms with Gasteiger partial charge in [-0.25, -0.2) is 8.78 Å². The van der Waals surface area contributed by atoms with E-state index >= 15 is 0 Å². The molecule has 2 N–H and O–H groups in total. The molecule has 0 radical (unpaired) electrons. The molecule has 5 nitrogen and oxygen atoms in total. The maximum Gasteiger partial charge on any atom is 0.191 e.